The molecule has 0 aromatic heterocycles. The Hall–Kier alpha value is 0.400. The summed E-state index contributed by atoms with van der Waals surface area (Å²) in [7, 11) is -3.37. The summed E-state index contributed by atoms with van der Waals surface area (Å²) in [5.41, 5.74) is 0. The van der Waals surface area contributed by atoms with Crippen LogP contribution in [0, 0.1) is 5.92 Å². The van der Waals surface area contributed by atoms with Crippen molar-refractivity contribution in [1.82, 2.24) is 0 Å². The Kier molecular flexibility index (Phi) is 4.85. The van der Waals surface area contributed by atoms with Crippen LogP contribution < -0.4 is 0 Å². The van der Waals surface area contributed by atoms with E-state index in [0.717, 1.165) is 6.42 Å². The van der Waals surface area contributed by atoms with Gasteiger partial charge in [-0.3, -0.25) is 4.57 Å². The largest absolute Gasteiger partial charge is 0.380 e. The first-order chi connectivity index (χ1) is 7.45. The summed E-state index contributed by atoms with van der Waals surface area (Å²) in [5, 5.41) is 0. The van der Waals surface area contributed by atoms with E-state index in [9.17, 15) is 4.57 Å². The van der Waals surface area contributed by atoms with Crippen LogP contribution in [-0.4, -0.2) is 24.1 Å². The van der Waals surface area contributed by atoms with Crippen molar-refractivity contribution in [2.45, 2.75) is 45.0 Å². The number of ether oxygens (including phenoxy) is 1. The molecular formula is C10H20ClO4P. The maximum absolute atomic E-state index is 12.4. The molecule has 3 atom stereocenters. The van der Waals surface area contributed by atoms with Gasteiger partial charge in [-0.15, -0.1) is 0 Å². The van der Waals surface area contributed by atoms with Gasteiger partial charge in [0.05, 0.1) is 13.2 Å². The fraction of sp³-hybridized carbons (Fsp3) is 1.00. The van der Waals surface area contributed by atoms with E-state index < -0.39 is 12.4 Å². The Bertz CT molecular complexity index is 276. The Morgan fingerprint density at radius 3 is 2.25 bits per heavy atom. The van der Waals surface area contributed by atoms with Crippen molar-refractivity contribution in [3.63, 3.8) is 0 Å². The summed E-state index contributed by atoms with van der Waals surface area (Å²) in [6, 6.07) is 0. The molecule has 6 heteroatoms. The Labute approximate surface area is 102 Å². The Morgan fingerprint density at radius 2 is 1.88 bits per heavy atom. The first-order valence-electron chi connectivity index (χ1n) is 5.71. The molecule has 0 radical (unpaired) electrons. The highest BCUT2D eigenvalue weighted by Gasteiger charge is 2.71. The zero-order valence-corrected chi connectivity index (χ0v) is 11.9. The van der Waals surface area contributed by atoms with Gasteiger partial charge in [0.15, 0.2) is 0 Å². The molecule has 4 nitrogen and oxygen atoms in total. The molecule has 1 saturated heterocycles. The smallest absolute Gasteiger partial charge is 0.338 e. The maximum atomic E-state index is 12.4. The van der Waals surface area contributed by atoms with E-state index >= 15 is 0 Å². The van der Waals surface area contributed by atoms with Crippen LogP contribution >= 0.6 is 19.2 Å². The molecule has 0 aliphatic carbocycles. The molecule has 1 heterocycles. The van der Waals surface area contributed by atoms with Crippen molar-refractivity contribution in [1.29, 1.82) is 0 Å². The first kappa shape index (κ1) is 14.5. The third kappa shape index (κ3) is 2.46. The maximum Gasteiger partial charge on any atom is 0.380 e. The van der Waals surface area contributed by atoms with Crippen molar-refractivity contribution >= 4 is 19.2 Å². The molecule has 0 saturated carbocycles. The van der Waals surface area contributed by atoms with Gasteiger partial charge in [-0.1, -0.05) is 31.9 Å². The fourth-order valence-electron chi connectivity index (χ4n) is 1.60. The molecular weight excluding hydrogens is 251 g/mol. The lowest BCUT2D eigenvalue weighted by molar-refractivity contribution is 0.202. The minimum atomic E-state index is -3.37. The Balaban J connectivity index is 2.78. The predicted octanol–water partition coefficient (Wildman–Crippen LogP) is 3.59. The highest BCUT2D eigenvalue weighted by molar-refractivity contribution is 7.58. The van der Waals surface area contributed by atoms with Crippen molar-refractivity contribution in [3.8, 4) is 0 Å². The minimum absolute atomic E-state index is 0.242. The fourth-order valence-corrected chi connectivity index (χ4v) is 4.12. The molecule has 0 aromatic rings. The van der Waals surface area contributed by atoms with Gasteiger partial charge in [0.1, 0.15) is 6.10 Å². The van der Waals surface area contributed by atoms with E-state index in [0.29, 0.717) is 13.2 Å². The number of hydrogen-bond donors (Lipinski definition) is 0. The number of epoxide rings is 1. The summed E-state index contributed by atoms with van der Waals surface area (Å²) in [6.07, 6.45) is 0.667. The molecule has 1 unspecified atom stereocenters. The average Bonchev–Trinajstić information content (AvgIpc) is 2.92. The molecule has 0 bridgehead atoms. The van der Waals surface area contributed by atoms with Gasteiger partial charge in [0.2, 0.25) is 0 Å². The van der Waals surface area contributed by atoms with Crippen LogP contribution in [0.1, 0.15) is 34.1 Å². The number of alkyl halides is 1. The highest BCUT2D eigenvalue weighted by atomic mass is 35.5. The lowest BCUT2D eigenvalue weighted by Crippen LogP contribution is -2.17. The zero-order chi connectivity index (χ0) is 12.4. The molecule has 1 fully saturated rings. The van der Waals surface area contributed by atoms with Crippen molar-refractivity contribution in [3.05, 3.63) is 0 Å². The van der Waals surface area contributed by atoms with Crippen LogP contribution in [0.2, 0.25) is 0 Å². The highest BCUT2D eigenvalue weighted by Crippen LogP contribution is 2.73. The molecule has 0 spiro atoms. The Morgan fingerprint density at radius 1 is 1.38 bits per heavy atom. The predicted molar refractivity (Wildman–Crippen MR) is 63.8 cm³/mol. The van der Waals surface area contributed by atoms with E-state index in [1.165, 1.54) is 0 Å². The van der Waals surface area contributed by atoms with Crippen LogP contribution in [0.4, 0.5) is 0 Å². The SMILES string of the molecule is CCOP(=O)(OCC)[C@@]1(Cl)O[C@@H]1C(C)CC. The van der Waals surface area contributed by atoms with Gasteiger partial charge in [-0.25, -0.2) is 0 Å². The second kappa shape index (κ2) is 5.36. The molecule has 1 aliphatic rings. The van der Waals surface area contributed by atoms with E-state index in [-0.39, 0.29) is 12.0 Å². The molecule has 1 rings (SSSR count). The van der Waals surface area contributed by atoms with Gasteiger partial charge in [-0.2, -0.15) is 0 Å². The summed E-state index contributed by atoms with van der Waals surface area (Å²) in [4.78, 5) is -1.27. The second-order valence-electron chi connectivity index (χ2n) is 3.87. The van der Waals surface area contributed by atoms with Crippen LogP contribution in [0.25, 0.3) is 0 Å². The molecule has 16 heavy (non-hydrogen) atoms. The van der Waals surface area contributed by atoms with Gasteiger partial charge in [0.25, 0.3) is 4.80 Å². The number of hydrogen-bond acceptors (Lipinski definition) is 4. The lowest BCUT2D eigenvalue weighted by atomic mass is 10.1. The van der Waals surface area contributed by atoms with Crippen LogP contribution in [0.15, 0.2) is 0 Å². The molecule has 1 aliphatic heterocycles. The normalized spacial score (nSPS) is 31.4. The molecule has 96 valence electrons. The number of rotatable bonds is 7. The lowest BCUT2D eigenvalue weighted by Gasteiger charge is -2.20. The molecule has 0 aromatic carbocycles. The summed E-state index contributed by atoms with van der Waals surface area (Å²) < 4.78 is 28.2. The van der Waals surface area contributed by atoms with Crippen LogP contribution in [-0.2, 0) is 18.3 Å². The van der Waals surface area contributed by atoms with Crippen LogP contribution in [0.3, 0.4) is 0 Å². The van der Waals surface area contributed by atoms with Crippen LogP contribution in [0.5, 0.6) is 0 Å². The van der Waals surface area contributed by atoms with Gasteiger partial charge < -0.3 is 13.8 Å². The summed E-state index contributed by atoms with van der Waals surface area (Å²) in [6.45, 7) is 8.15. The molecule has 0 amide bonds. The van der Waals surface area contributed by atoms with E-state index in [2.05, 4.69) is 0 Å². The standard InChI is InChI=1S/C10H20ClO4P/c1-5-8(4)9-10(11,15-9)16(12,13-6-2)14-7-3/h8-9H,5-7H2,1-4H3/t8?,9-,10+/m1/s1. The summed E-state index contributed by atoms with van der Waals surface area (Å²) >= 11 is 6.21. The topological polar surface area (TPSA) is 48.1 Å². The second-order valence-corrected chi connectivity index (χ2v) is 6.87. The van der Waals surface area contributed by atoms with Gasteiger partial charge in [-0.05, 0) is 19.8 Å². The van der Waals surface area contributed by atoms with Crippen molar-refractivity contribution < 1.29 is 18.3 Å². The average molecular weight is 271 g/mol. The minimum Gasteiger partial charge on any atom is -0.338 e. The monoisotopic (exact) mass is 270 g/mol. The number of halogens is 1. The van der Waals surface area contributed by atoms with E-state index in [1.54, 1.807) is 13.8 Å². The first-order valence-corrected chi connectivity index (χ1v) is 7.63. The van der Waals surface area contributed by atoms with Crippen molar-refractivity contribution in [2.24, 2.45) is 5.92 Å². The van der Waals surface area contributed by atoms with Gasteiger partial charge in [0, 0.05) is 0 Å². The van der Waals surface area contributed by atoms with E-state index in [4.69, 9.17) is 25.4 Å². The van der Waals surface area contributed by atoms with E-state index in [1.807, 2.05) is 13.8 Å². The third-order valence-electron chi connectivity index (χ3n) is 2.72. The summed E-state index contributed by atoms with van der Waals surface area (Å²) in [5.74, 6) is 0.242. The van der Waals surface area contributed by atoms with Gasteiger partial charge >= 0.3 is 7.60 Å². The van der Waals surface area contributed by atoms with Crippen molar-refractivity contribution in [2.75, 3.05) is 13.2 Å². The molecule has 0 N–H and O–H groups in total. The third-order valence-corrected chi connectivity index (χ3v) is 5.95. The quantitative estimate of drug-likeness (QED) is 0.403. The zero-order valence-electron chi connectivity index (χ0n) is 10.2.